The van der Waals surface area contributed by atoms with Crippen molar-refractivity contribution in [1.82, 2.24) is 0 Å². The third-order valence-electron chi connectivity index (χ3n) is 1.86. The quantitative estimate of drug-likeness (QED) is 0.549. The average Bonchev–Trinajstić information content (AvgIpc) is 2.16. The first-order valence-electron chi connectivity index (χ1n) is 3.99. The predicted octanol–water partition coefficient (Wildman–Crippen LogP) is 0.0825. The highest BCUT2D eigenvalue weighted by Crippen LogP contribution is 2.21. The summed E-state index contributed by atoms with van der Waals surface area (Å²) in [6.45, 7) is -0.342. The van der Waals surface area contributed by atoms with E-state index < -0.39 is 12.0 Å². The standard InChI is InChI=1S/C9H11NO4/c10-8(4-11)6-2-1-5(12)3-7(6)9(13)14/h1-3,8,11-12H,4,10H2,(H,13,14)/t8-/m1/s1. The van der Waals surface area contributed by atoms with Crippen LogP contribution in [0.2, 0.25) is 0 Å². The molecule has 5 heteroatoms. The maximum Gasteiger partial charge on any atom is 0.336 e. The van der Waals surface area contributed by atoms with Crippen molar-refractivity contribution in [2.75, 3.05) is 6.61 Å². The van der Waals surface area contributed by atoms with Gasteiger partial charge in [0.2, 0.25) is 0 Å². The molecule has 0 aliphatic heterocycles. The largest absolute Gasteiger partial charge is 0.508 e. The summed E-state index contributed by atoms with van der Waals surface area (Å²) in [6.07, 6.45) is 0. The molecule has 0 aromatic heterocycles. The third kappa shape index (κ3) is 2.01. The van der Waals surface area contributed by atoms with E-state index >= 15 is 0 Å². The van der Waals surface area contributed by atoms with Crippen molar-refractivity contribution in [2.45, 2.75) is 6.04 Å². The van der Waals surface area contributed by atoms with Crippen molar-refractivity contribution < 1.29 is 20.1 Å². The van der Waals surface area contributed by atoms with Crippen molar-refractivity contribution in [2.24, 2.45) is 5.73 Å². The van der Waals surface area contributed by atoms with E-state index in [0.29, 0.717) is 5.56 Å². The summed E-state index contributed by atoms with van der Waals surface area (Å²) < 4.78 is 0. The highest BCUT2D eigenvalue weighted by atomic mass is 16.4. The van der Waals surface area contributed by atoms with Gasteiger partial charge < -0.3 is 21.1 Å². The molecular weight excluding hydrogens is 186 g/mol. The van der Waals surface area contributed by atoms with Crippen LogP contribution in [0.25, 0.3) is 0 Å². The van der Waals surface area contributed by atoms with Gasteiger partial charge in [0.05, 0.1) is 18.2 Å². The van der Waals surface area contributed by atoms with Gasteiger partial charge in [-0.15, -0.1) is 0 Å². The van der Waals surface area contributed by atoms with Crippen LogP contribution in [-0.4, -0.2) is 27.9 Å². The van der Waals surface area contributed by atoms with Crippen LogP contribution in [0.15, 0.2) is 18.2 Å². The number of aliphatic hydroxyl groups is 1. The molecule has 14 heavy (non-hydrogen) atoms. The summed E-state index contributed by atoms with van der Waals surface area (Å²) in [5, 5.41) is 26.6. The van der Waals surface area contributed by atoms with E-state index in [1.54, 1.807) is 0 Å². The minimum Gasteiger partial charge on any atom is -0.508 e. The lowest BCUT2D eigenvalue weighted by Crippen LogP contribution is -2.18. The van der Waals surface area contributed by atoms with Crippen LogP contribution in [0.1, 0.15) is 22.0 Å². The van der Waals surface area contributed by atoms with Crippen molar-refractivity contribution in [1.29, 1.82) is 0 Å². The number of hydrogen-bond donors (Lipinski definition) is 4. The van der Waals surface area contributed by atoms with E-state index in [2.05, 4.69) is 0 Å². The molecule has 1 aromatic rings. The van der Waals surface area contributed by atoms with E-state index in [0.717, 1.165) is 6.07 Å². The molecule has 1 aromatic carbocycles. The third-order valence-corrected chi connectivity index (χ3v) is 1.86. The minimum absolute atomic E-state index is 0.0912. The van der Waals surface area contributed by atoms with Gasteiger partial charge in [-0.2, -0.15) is 0 Å². The number of aromatic carboxylic acids is 1. The first-order chi connectivity index (χ1) is 6.56. The topological polar surface area (TPSA) is 104 Å². The Labute approximate surface area is 80.4 Å². The fourth-order valence-corrected chi connectivity index (χ4v) is 1.15. The number of aliphatic hydroxyl groups excluding tert-OH is 1. The fraction of sp³-hybridized carbons (Fsp3) is 0.222. The SMILES string of the molecule is N[C@H](CO)c1ccc(O)cc1C(=O)O. The summed E-state index contributed by atoms with van der Waals surface area (Å²) in [6, 6.07) is 3.08. The van der Waals surface area contributed by atoms with Gasteiger partial charge in [0.25, 0.3) is 0 Å². The van der Waals surface area contributed by atoms with Gasteiger partial charge in [0.1, 0.15) is 5.75 Å². The lowest BCUT2D eigenvalue weighted by molar-refractivity contribution is 0.0694. The Morgan fingerprint density at radius 2 is 2.14 bits per heavy atom. The molecule has 1 rings (SSSR count). The molecule has 0 bridgehead atoms. The molecule has 5 N–H and O–H groups in total. The molecule has 76 valence electrons. The van der Waals surface area contributed by atoms with Crippen molar-refractivity contribution in [3.63, 3.8) is 0 Å². The summed E-state index contributed by atoms with van der Waals surface area (Å²) in [4.78, 5) is 10.7. The molecule has 0 amide bonds. The number of phenolic OH excluding ortho intramolecular Hbond substituents is 1. The first-order valence-corrected chi connectivity index (χ1v) is 3.99. The predicted molar refractivity (Wildman–Crippen MR) is 49.1 cm³/mol. The van der Waals surface area contributed by atoms with E-state index in [-0.39, 0.29) is 17.9 Å². The Kier molecular flexibility index (Phi) is 3.06. The summed E-state index contributed by atoms with van der Waals surface area (Å²) in [7, 11) is 0. The lowest BCUT2D eigenvalue weighted by atomic mass is 10.0. The average molecular weight is 197 g/mol. The zero-order valence-electron chi connectivity index (χ0n) is 7.34. The molecule has 0 saturated heterocycles. The highest BCUT2D eigenvalue weighted by molar-refractivity contribution is 5.90. The fourth-order valence-electron chi connectivity index (χ4n) is 1.15. The Bertz CT molecular complexity index is 351. The first kappa shape index (κ1) is 10.5. The monoisotopic (exact) mass is 197 g/mol. The molecule has 0 unspecified atom stereocenters. The van der Waals surface area contributed by atoms with Crippen LogP contribution in [0.4, 0.5) is 0 Å². The second-order valence-corrected chi connectivity index (χ2v) is 2.87. The van der Waals surface area contributed by atoms with Crippen LogP contribution in [0.3, 0.4) is 0 Å². The van der Waals surface area contributed by atoms with E-state index in [9.17, 15) is 4.79 Å². The molecule has 0 aliphatic rings. The maximum atomic E-state index is 10.7. The highest BCUT2D eigenvalue weighted by Gasteiger charge is 2.15. The molecule has 0 saturated carbocycles. The number of carboxylic acids is 1. The summed E-state index contributed by atoms with van der Waals surface area (Å²) in [5.41, 5.74) is 5.70. The van der Waals surface area contributed by atoms with Gasteiger partial charge in [0, 0.05) is 0 Å². The van der Waals surface area contributed by atoms with Crippen molar-refractivity contribution >= 4 is 5.97 Å². The number of nitrogens with two attached hydrogens (primary N) is 1. The van der Waals surface area contributed by atoms with Gasteiger partial charge in [-0.25, -0.2) is 4.79 Å². The van der Waals surface area contributed by atoms with Gasteiger partial charge in [0.15, 0.2) is 0 Å². The molecular formula is C9H11NO4. The van der Waals surface area contributed by atoms with E-state index in [4.69, 9.17) is 21.1 Å². The molecule has 0 aliphatic carbocycles. The Hall–Kier alpha value is -1.59. The molecule has 0 radical (unpaired) electrons. The number of rotatable bonds is 3. The Balaban J connectivity index is 3.21. The normalized spacial score (nSPS) is 12.4. The zero-order valence-corrected chi connectivity index (χ0v) is 7.34. The van der Waals surface area contributed by atoms with Crippen LogP contribution in [0, 0.1) is 0 Å². The summed E-state index contributed by atoms with van der Waals surface area (Å²) in [5.74, 6) is -1.32. The molecule has 0 fully saturated rings. The number of benzene rings is 1. The number of phenols is 1. The second kappa shape index (κ2) is 4.08. The molecule has 1 atom stereocenters. The Morgan fingerprint density at radius 3 is 2.64 bits per heavy atom. The van der Waals surface area contributed by atoms with Crippen LogP contribution < -0.4 is 5.73 Å². The maximum absolute atomic E-state index is 10.7. The van der Waals surface area contributed by atoms with E-state index in [1.807, 2.05) is 0 Å². The minimum atomic E-state index is -1.18. The number of carbonyl (C=O) groups is 1. The van der Waals surface area contributed by atoms with Crippen molar-refractivity contribution in [3.8, 4) is 5.75 Å². The molecule has 0 heterocycles. The van der Waals surface area contributed by atoms with Crippen LogP contribution in [-0.2, 0) is 0 Å². The van der Waals surface area contributed by atoms with Gasteiger partial charge in [-0.3, -0.25) is 0 Å². The van der Waals surface area contributed by atoms with E-state index in [1.165, 1.54) is 12.1 Å². The van der Waals surface area contributed by atoms with Crippen LogP contribution in [0.5, 0.6) is 5.75 Å². The van der Waals surface area contributed by atoms with Gasteiger partial charge in [-0.1, -0.05) is 6.07 Å². The van der Waals surface area contributed by atoms with Gasteiger partial charge in [-0.05, 0) is 17.7 Å². The van der Waals surface area contributed by atoms with Gasteiger partial charge >= 0.3 is 5.97 Å². The second-order valence-electron chi connectivity index (χ2n) is 2.87. The summed E-state index contributed by atoms with van der Waals surface area (Å²) >= 11 is 0. The smallest absolute Gasteiger partial charge is 0.336 e. The Morgan fingerprint density at radius 1 is 1.50 bits per heavy atom. The van der Waals surface area contributed by atoms with Crippen molar-refractivity contribution in [3.05, 3.63) is 29.3 Å². The number of hydrogen-bond acceptors (Lipinski definition) is 4. The number of carboxylic acid groups (broad SMARTS) is 1. The lowest BCUT2D eigenvalue weighted by Gasteiger charge is -2.11. The number of aromatic hydroxyl groups is 1. The zero-order chi connectivity index (χ0) is 10.7. The molecule has 5 nitrogen and oxygen atoms in total. The van der Waals surface area contributed by atoms with Crippen LogP contribution >= 0.6 is 0 Å². The molecule has 0 spiro atoms.